The number of hydrogen-bond donors (Lipinski definition) is 1. The Balaban J connectivity index is 2.55. The summed E-state index contributed by atoms with van der Waals surface area (Å²) >= 11 is 0. The van der Waals surface area contributed by atoms with Crippen molar-refractivity contribution >= 4 is 5.69 Å². The standard InChI is InChI=1S/C10H10FN3/c1-7-5-13-14(6-7)10-4-8(11)2-3-9(10)12/h2-6H,12H2,1H3. The van der Waals surface area contributed by atoms with Gasteiger partial charge in [0.05, 0.1) is 17.6 Å². The molecular weight excluding hydrogens is 181 g/mol. The lowest BCUT2D eigenvalue weighted by Gasteiger charge is -2.04. The molecule has 2 aromatic rings. The number of aromatic nitrogens is 2. The van der Waals surface area contributed by atoms with Gasteiger partial charge in [-0.25, -0.2) is 9.07 Å². The highest BCUT2D eigenvalue weighted by Gasteiger charge is 2.04. The fourth-order valence-corrected chi connectivity index (χ4v) is 1.26. The van der Waals surface area contributed by atoms with Crippen LogP contribution in [0.1, 0.15) is 5.56 Å². The van der Waals surface area contributed by atoms with Crippen molar-refractivity contribution in [3.05, 3.63) is 42.0 Å². The van der Waals surface area contributed by atoms with E-state index in [2.05, 4.69) is 5.10 Å². The summed E-state index contributed by atoms with van der Waals surface area (Å²) in [5, 5.41) is 4.06. The van der Waals surface area contributed by atoms with E-state index in [0.29, 0.717) is 11.4 Å². The van der Waals surface area contributed by atoms with Crippen molar-refractivity contribution in [3.63, 3.8) is 0 Å². The smallest absolute Gasteiger partial charge is 0.125 e. The molecule has 0 amide bonds. The number of benzene rings is 1. The van der Waals surface area contributed by atoms with Crippen LogP contribution in [0, 0.1) is 12.7 Å². The summed E-state index contributed by atoms with van der Waals surface area (Å²) in [6.45, 7) is 1.92. The molecule has 1 aromatic carbocycles. The highest BCUT2D eigenvalue weighted by atomic mass is 19.1. The highest BCUT2D eigenvalue weighted by Crippen LogP contribution is 2.17. The van der Waals surface area contributed by atoms with Crippen molar-refractivity contribution in [1.29, 1.82) is 0 Å². The molecule has 0 saturated heterocycles. The number of aryl methyl sites for hydroxylation is 1. The van der Waals surface area contributed by atoms with Crippen LogP contribution in [0.2, 0.25) is 0 Å². The van der Waals surface area contributed by atoms with Gasteiger partial charge < -0.3 is 5.73 Å². The number of hydrogen-bond acceptors (Lipinski definition) is 2. The molecule has 0 aliphatic carbocycles. The first-order valence-corrected chi connectivity index (χ1v) is 4.23. The van der Waals surface area contributed by atoms with Crippen molar-refractivity contribution in [3.8, 4) is 5.69 Å². The molecule has 0 aliphatic heterocycles. The lowest BCUT2D eigenvalue weighted by atomic mass is 10.2. The van der Waals surface area contributed by atoms with Gasteiger partial charge in [0.1, 0.15) is 5.82 Å². The van der Waals surface area contributed by atoms with Crippen LogP contribution in [0.3, 0.4) is 0 Å². The number of anilines is 1. The van der Waals surface area contributed by atoms with E-state index in [4.69, 9.17) is 5.73 Å². The van der Waals surface area contributed by atoms with E-state index in [9.17, 15) is 4.39 Å². The summed E-state index contributed by atoms with van der Waals surface area (Å²) < 4.78 is 14.5. The second kappa shape index (κ2) is 3.14. The molecular formula is C10H10FN3. The number of nitrogens with two attached hydrogens (primary N) is 1. The molecule has 0 radical (unpaired) electrons. The number of halogens is 1. The van der Waals surface area contributed by atoms with Crippen LogP contribution in [-0.4, -0.2) is 9.78 Å². The minimum absolute atomic E-state index is 0.317. The van der Waals surface area contributed by atoms with Gasteiger partial charge in [-0.15, -0.1) is 0 Å². The molecule has 0 saturated carbocycles. The van der Waals surface area contributed by atoms with E-state index in [1.165, 1.54) is 18.2 Å². The van der Waals surface area contributed by atoms with Gasteiger partial charge in [-0.1, -0.05) is 0 Å². The summed E-state index contributed by atoms with van der Waals surface area (Å²) in [7, 11) is 0. The molecule has 0 spiro atoms. The fraction of sp³-hybridized carbons (Fsp3) is 0.100. The Bertz CT molecular complexity index is 462. The molecule has 3 nitrogen and oxygen atoms in total. The van der Waals surface area contributed by atoms with E-state index in [1.807, 2.05) is 6.92 Å². The lowest BCUT2D eigenvalue weighted by molar-refractivity contribution is 0.625. The zero-order chi connectivity index (χ0) is 10.1. The van der Waals surface area contributed by atoms with Gasteiger partial charge in [0.25, 0.3) is 0 Å². The molecule has 0 fully saturated rings. The Morgan fingerprint density at radius 1 is 1.43 bits per heavy atom. The van der Waals surface area contributed by atoms with Gasteiger partial charge in [0, 0.05) is 12.3 Å². The van der Waals surface area contributed by atoms with Crippen LogP contribution in [0.15, 0.2) is 30.6 Å². The third-order valence-corrected chi connectivity index (χ3v) is 1.95. The van der Waals surface area contributed by atoms with Gasteiger partial charge in [0.2, 0.25) is 0 Å². The van der Waals surface area contributed by atoms with E-state index >= 15 is 0 Å². The summed E-state index contributed by atoms with van der Waals surface area (Å²) in [6, 6.07) is 4.22. The molecule has 2 rings (SSSR count). The number of nitrogens with zero attached hydrogens (tertiary/aromatic N) is 2. The Labute approximate surface area is 81.0 Å². The summed E-state index contributed by atoms with van der Waals surface area (Å²) in [5.74, 6) is -0.317. The van der Waals surface area contributed by atoms with Crippen LogP contribution in [0.25, 0.3) is 5.69 Å². The SMILES string of the molecule is Cc1cnn(-c2cc(F)ccc2N)c1. The molecule has 0 unspecified atom stereocenters. The first kappa shape index (κ1) is 8.74. The molecule has 1 heterocycles. The van der Waals surface area contributed by atoms with Crippen LogP contribution in [0.5, 0.6) is 0 Å². The summed E-state index contributed by atoms with van der Waals surface area (Å²) in [5.41, 5.74) is 7.79. The maximum atomic E-state index is 12.9. The topological polar surface area (TPSA) is 43.8 Å². The van der Waals surface area contributed by atoms with Crippen LogP contribution in [-0.2, 0) is 0 Å². The molecule has 0 aliphatic rings. The van der Waals surface area contributed by atoms with Gasteiger partial charge in [-0.05, 0) is 24.6 Å². The largest absolute Gasteiger partial charge is 0.397 e. The van der Waals surface area contributed by atoms with Crippen molar-refractivity contribution in [1.82, 2.24) is 9.78 Å². The van der Waals surface area contributed by atoms with E-state index in [0.717, 1.165) is 5.56 Å². The lowest BCUT2D eigenvalue weighted by Crippen LogP contribution is -2.00. The van der Waals surface area contributed by atoms with Crippen molar-refractivity contribution in [2.45, 2.75) is 6.92 Å². The summed E-state index contributed by atoms with van der Waals surface area (Å²) in [4.78, 5) is 0. The quantitative estimate of drug-likeness (QED) is 0.699. The Morgan fingerprint density at radius 3 is 2.86 bits per heavy atom. The average molecular weight is 191 g/mol. The average Bonchev–Trinajstić information content (AvgIpc) is 2.56. The molecule has 1 aromatic heterocycles. The molecule has 14 heavy (non-hydrogen) atoms. The minimum atomic E-state index is -0.317. The Kier molecular flexibility index (Phi) is 1.96. The first-order chi connectivity index (χ1) is 6.66. The molecule has 2 N–H and O–H groups in total. The molecule has 0 bridgehead atoms. The van der Waals surface area contributed by atoms with Crippen LogP contribution < -0.4 is 5.73 Å². The van der Waals surface area contributed by atoms with Crippen molar-refractivity contribution < 1.29 is 4.39 Å². The predicted molar refractivity (Wildman–Crippen MR) is 52.7 cm³/mol. The second-order valence-electron chi connectivity index (χ2n) is 3.17. The zero-order valence-corrected chi connectivity index (χ0v) is 7.74. The number of nitrogen functional groups attached to an aromatic ring is 1. The van der Waals surface area contributed by atoms with Gasteiger partial charge in [-0.2, -0.15) is 5.10 Å². The van der Waals surface area contributed by atoms with E-state index in [-0.39, 0.29) is 5.82 Å². The first-order valence-electron chi connectivity index (χ1n) is 4.23. The minimum Gasteiger partial charge on any atom is -0.397 e. The highest BCUT2D eigenvalue weighted by molar-refractivity contribution is 5.57. The molecule has 4 heteroatoms. The van der Waals surface area contributed by atoms with Crippen LogP contribution >= 0.6 is 0 Å². The van der Waals surface area contributed by atoms with Crippen LogP contribution in [0.4, 0.5) is 10.1 Å². The van der Waals surface area contributed by atoms with Crippen molar-refractivity contribution in [2.24, 2.45) is 0 Å². The zero-order valence-electron chi connectivity index (χ0n) is 7.74. The maximum absolute atomic E-state index is 12.9. The Morgan fingerprint density at radius 2 is 2.21 bits per heavy atom. The second-order valence-corrected chi connectivity index (χ2v) is 3.17. The third-order valence-electron chi connectivity index (χ3n) is 1.95. The normalized spacial score (nSPS) is 10.4. The third kappa shape index (κ3) is 1.46. The van der Waals surface area contributed by atoms with Gasteiger partial charge in [-0.3, -0.25) is 0 Å². The Hall–Kier alpha value is -1.84. The molecule has 72 valence electrons. The fourth-order valence-electron chi connectivity index (χ4n) is 1.26. The summed E-state index contributed by atoms with van der Waals surface area (Å²) in [6.07, 6.45) is 3.50. The molecule has 0 atom stereocenters. The van der Waals surface area contributed by atoms with Gasteiger partial charge in [0.15, 0.2) is 0 Å². The van der Waals surface area contributed by atoms with Gasteiger partial charge >= 0.3 is 0 Å². The number of rotatable bonds is 1. The predicted octanol–water partition coefficient (Wildman–Crippen LogP) is 1.90. The van der Waals surface area contributed by atoms with E-state index in [1.54, 1.807) is 17.1 Å². The maximum Gasteiger partial charge on any atom is 0.125 e. The van der Waals surface area contributed by atoms with Crippen molar-refractivity contribution in [2.75, 3.05) is 5.73 Å². The monoisotopic (exact) mass is 191 g/mol. The van der Waals surface area contributed by atoms with E-state index < -0.39 is 0 Å².